The normalized spacial score (nSPS) is 14.4. The average molecular weight is 587 g/mol. The summed E-state index contributed by atoms with van der Waals surface area (Å²) in [4.78, 5) is 37.3. The lowest BCUT2D eigenvalue weighted by Gasteiger charge is -2.35. The van der Waals surface area contributed by atoms with E-state index in [0.717, 1.165) is 0 Å². The summed E-state index contributed by atoms with van der Waals surface area (Å²) in [6.45, 7) is 0.266. The molecule has 1 saturated heterocycles. The van der Waals surface area contributed by atoms with Crippen molar-refractivity contribution in [3.05, 3.63) is 64.0 Å². The third-order valence-corrected chi connectivity index (χ3v) is 6.86. The van der Waals surface area contributed by atoms with Crippen molar-refractivity contribution in [1.82, 2.24) is 19.8 Å². The molecule has 0 unspecified atom stereocenters. The Labute approximate surface area is 229 Å². The second-order valence-corrected chi connectivity index (χ2v) is 9.81. The number of rotatable bonds is 8. The van der Waals surface area contributed by atoms with Crippen LogP contribution in [0.4, 0.5) is 34.2 Å². The lowest BCUT2D eigenvalue weighted by Crippen LogP contribution is -2.48. The molecule has 3 aromatic rings. The number of halogens is 5. The zero-order valence-corrected chi connectivity index (χ0v) is 21.9. The number of piperazine rings is 1. The van der Waals surface area contributed by atoms with Crippen LogP contribution in [-0.4, -0.2) is 82.2 Å². The van der Waals surface area contributed by atoms with Crippen molar-refractivity contribution in [3.63, 3.8) is 0 Å². The van der Waals surface area contributed by atoms with E-state index in [1.165, 1.54) is 46.6 Å². The Morgan fingerprint density at radius 2 is 1.92 bits per heavy atom. The Kier molecular flexibility index (Phi) is 9.00. The molecule has 1 aliphatic heterocycles. The minimum atomic E-state index is -5.15. The van der Waals surface area contributed by atoms with Crippen molar-refractivity contribution in [2.45, 2.75) is 12.7 Å². The van der Waals surface area contributed by atoms with Crippen LogP contribution in [0.25, 0.3) is 0 Å². The van der Waals surface area contributed by atoms with Crippen molar-refractivity contribution in [2.75, 3.05) is 49.5 Å². The van der Waals surface area contributed by atoms with E-state index in [2.05, 4.69) is 15.3 Å². The number of carbonyl (C=O) groups excluding carboxylic acids is 2. The first-order chi connectivity index (χ1) is 18.6. The van der Waals surface area contributed by atoms with Gasteiger partial charge in [0.2, 0.25) is 0 Å². The molecule has 208 valence electrons. The fourth-order valence-electron chi connectivity index (χ4n) is 4.05. The number of hydrogen-bond acceptors (Lipinski definition) is 8. The van der Waals surface area contributed by atoms with Crippen LogP contribution in [0, 0.1) is 5.82 Å². The largest absolute Gasteiger partial charge is 0.471 e. The molecule has 2 N–H and O–H groups in total. The number of thiazole rings is 1. The van der Waals surface area contributed by atoms with Gasteiger partial charge in [0.05, 0.1) is 22.9 Å². The lowest BCUT2D eigenvalue weighted by atomic mass is 10.1. The standard InChI is InChI=1S/C24H23ClF4N6O3S/c25-18-3-1-2-17(20(18)26)21(37)34-7-5-33(6-8-34)14-15-12-16(35(9-10-36)22(38)24(27,28)29)13-19(31-15)32-23-30-4-11-39-23/h1-4,11-13,36H,5-10,14H2,(H,30,31,32). The van der Waals surface area contributed by atoms with Crippen LogP contribution in [0.5, 0.6) is 0 Å². The molecule has 39 heavy (non-hydrogen) atoms. The van der Waals surface area contributed by atoms with Gasteiger partial charge in [0, 0.05) is 62.6 Å². The Morgan fingerprint density at radius 1 is 1.18 bits per heavy atom. The second kappa shape index (κ2) is 12.2. The van der Waals surface area contributed by atoms with E-state index in [4.69, 9.17) is 11.6 Å². The van der Waals surface area contributed by atoms with E-state index < -0.39 is 37.0 Å². The molecule has 0 aliphatic carbocycles. The van der Waals surface area contributed by atoms with E-state index in [1.54, 1.807) is 11.6 Å². The molecule has 9 nitrogen and oxygen atoms in total. The third kappa shape index (κ3) is 7.01. The number of nitrogens with zero attached hydrogens (tertiary/aromatic N) is 5. The first-order valence-corrected chi connectivity index (χ1v) is 12.9. The van der Waals surface area contributed by atoms with Gasteiger partial charge in [0.15, 0.2) is 10.9 Å². The predicted molar refractivity (Wildman–Crippen MR) is 138 cm³/mol. The molecular weight excluding hydrogens is 564 g/mol. The number of aromatic nitrogens is 2. The Balaban J connectivity index is 1.52. The van der Waals surface area contributed by atoms with Gasteiger partial charge < -0.3 is 20.2 Å². The average Bonchev–Trinajstić information content (AvgIpc) is 3.41. The molecule has 3 heterocycles. The van der Waals surface area contributed by atoms with E-state index in [-0.39, 0.29) is 41.7 Å². The maximum absolute atomic E-state index is 14.3. The maximum atomic E-state index is 14.3. The molecule has 0 saturated carbocycles. The molecule has 2 amide bonds. The first-order valence-electron chi connectivity index (χ1n) is 11.7. The van der Waals surface area contributed by atoms with Crippen molar-refractivity contribution in [3.8, 4) is 0 Å². The molecular formula is C24H23ClF4N6O3S. The zero-order chi connectivity index (χ0) is 28.2. The van der Waals surface area contributed by atoms with E-state index in [9.17, 15) is 32.3 Å². The van der Waals surface area contributed by atoms with E-state index >= 15 is 0 Å². The monoisotopic (exact) mass is 586 g/mol. The van der Waals surface area contributed by atoms with Gasteiger partial charge in [-0.1, -0.05) is 17.7 Å². The lowest BCUT2D eigenvalue weighted by molar-refractivity contribution is -0.170. The van der Waals surface area contributed by atoms with Gasteiger partial charge in [-0.2, -0.15) is 13.2 Å². The van der Waals surface area contributed by atoms with Gasteiger partial charge >= 0.3 is 12.1 Å². The van der Waals surface area contributed by atoms with Gasteiger partial charge in [-0.25, -0.2) is 14.4 Å². The molecule has 4 rings (SSSR count). The number of pyridine rings is 1. The molecule has 2 aromatic heterocycles. The number of alkyl halides is 3. The Morgan fingerprint density at radius 3 is 2.56 bits per heavy atom. The molecule has 1 fully saturated rings. The smallest absolute Gasteiger partial charge is 0.395 e. The van der Waals surface area contributed by atoms with Crippen LogP contribution < -0.4 is 10.2 Å². The van der Waals surface area contributed by atoms with Gasteiger partial charge in [-0.3, -0.25) is 14.5 Å². The summed E-state index contributed by atoms with van der Waals surface area (Å²) in [7, 11) is 0. The first kappa shape index (κ1) is 28.7. The van der Waals surface area contributed by atoms with Gasteiger partial charge in [0.1, 0.15) is 5.82 Å². The number of nitrogens with one attached hydrogen (secondary N) is 1. The highest BCUT2D eigenvalue weighted by Crippen LogP contribution is 2.28. The minimum absolute atomic E-state index is 0.0966. The van der Waals surface area contributed by atoms with Crippen molar-refractivity contribution >= 4 is 51.4 Å². The molecule has 1 aromatic carbocycles. The van der Waals surface area contributed by atoms with Crippen LogP contribution in [0.3, 0.4) is 0 Å². The van der Waals surface area contributed by atoms with Crippen molar-refractivity contribution in [2.24, 2.45) is 0 Å². The summed E-state index contributed by atoms with van der Waals surface area (Å²) in [6, 6.07) is 6.84. The number of amides is 2. The number of aliphatic hydroxyl groups excluding tert-OH is 1. The number of aliphatic hydroxyl groups is 1. The summed E-state index contributed by atoms with van der Waals surface area (Å²) >= 11 is 7.05. The topological polar surface area (TPSA) is 102 Å². The molecule has 15 heteroatoms. The fourth-order valence-corrected chi connectivity index (χ4v) is 4.76. The molecule has 0 atom stereocenters. The quantitative estimate of drug-likeness (QED) is 0.386. The molecule has 0 spiro atoms. The van der Waals surface area contributed by atoms with Crippen LogP contribution in [0.1, 0.15) is 16.1 Å². The summed E-state index contributed by atoms with van der Waals surface area (Å²) < 4.78 is 54.1. The minimum Gasteiger partial charge on any atom is -0.395 e. The second-order valence-electron chi connectivity index (χ2n) is 8.51. The van der Waals surface area contributed by atoms with E-state index in [1.807, 2.05) is 4.90 Å². The third-order valence-electron chi connectivity index (χ3n) is 5.88. The van der Waals surface area contributed by atoms with Crippen LogP contribution in [0.2, 0.25) is 5.02 Å². The zero-order valence-electron chi connectivity index (χ0n) is 20.3. The summed E-state index contributed by atoms with van der Waals surface area (Å²) in [5.74, 6) is -3.22. The fraction of sp³-hybridized carbons (Fsp3) is 0.333. The summed E-state index contributed by atoms with van der Waals surface area (Å²) in [6.07, 6.45) is -3.61. The summed E-state index contributed by atoms with van der Waals surface area (Å²) in [5, 5.41) is 14.3. The van der Waals surface area contributed by atoms with Crippen LogP contribution in [-0.2, 0) is 11.3 Å². The highest BCUT2D eigenvalue weighted by Gasteiger charge is 2.43. The van der Waals surface area contributed by atoms with Gasteiger partial charge in [-0.05, 0) is 18.2 Å². The highest BCUT2D eigenvalue weighted by molar-refractivity contribution is 7.13. The molecule has 1 aliphatic rings. The van der Waals surface area contributed by atoms with Gasteiger partial charge in [0.25, 0.3) is 5.91 Å². The number of anilines is 3. The molecule has 0 radical (unpaired) electrons. The SMILES string of the molecule is O=C(c1cccc(Cl)c1F)N1CCN(Cc2cc(N(CCO)C(=O)C(F)(F)F)cc(Nc3nccs3)n2)CC1. The van der Waals surface area contributed by atoms with E-state index in [0.29, 0.717) is 28.8 Å². The van der Waals surface area contributed by atoms with Crippen LogP contribution >= 0.6 is 22.9 Å². The van der Waals surface area contributed by atoms with Crippen molar-refractivity contribution < 1.29 is 32.3 Å². The van der Waals surface area contributed by atoms with Crippen molar-refractivity contribution in [1.29, 1.82) is 0 Å². The summed E-state index contributed by atoms with van der Waals surface area (Å²) in [5.41, 5.74) is 0.132. The number of hydrogen-bond donors (Lipinski definition) is 2. The number of benzene rings is 1. The predicted octanol–water partition coefficient (Wildman–Crippen LogP) is 3.92. The van der Waals surface area contributed by atoms with Crippen LogP contribution in [0.15, 0.2) is 41.9 Å². The Bertz CT molecular complexity index is 1320. The number of carbonyl (C=O) groups is 2. The highest BCUT2D eigenvalue weighted by atomic mass is 35.5. The van der Waals surface area contributed by atoms with Gasteiger partial charge in [-0.15, -0.1) is 11.3 Å². The Hall–Kier alpha value is -3.33. The maximum Gasteiger partial charge on any atom is 0.471 e. The molecule has 0 bridgehead atoms.